The van der Waals surface area contributed by atoms with E-state index in [0.717, 1.165) is 24.9 Å². The van der Waals surface area contributed by atoms with Gasteiger partial charge in [-0.2, -0.15) is 0 Å². The van der Waals surface area contributed by atoms with E-state index in [1.165, 1.54) is 10.5 Å². The van der Waals surface area contributed by atoms with Gasteiger partial charge in [0.05, 0.1) is 13.6 Å². The first-order chi connectivity index (χ1) is 12.1. The van der Waals surface area contributed by atoms with Crippen LogP contribution in [-0.4, -0.2) is 40.3 Å². The first-order valence-corrected chi connectivity index (χ1v) is 8.87. The summed E-state index contributed by atoms with van der Waals surface area (Å²) in [5, 5.41) is 0. The summed E-state index contributed by atoms with van der Waals surface area (Å²) in [5.74, 6) is -0.0259. The van der Waals surface area contributed by atoms with Crippen LogP contribution in [0.1, 0.15) is 24.0 Å². The number of carbonyl (C=O) groups excluding carboxylic acids is 2. The standard InChI is InChI=1S/C21H23N2O2/c1-23(15-17-10-6-3-7-11-17)18-12-13-19(23)21(25)22(20(18)24)14-16-8-4-2-5-9-16/h2-11,18-19H,12-15H2,1H3/q+1/t18-,19-/m0/s1. The number of rotatable bonds is 4. The van der Waals surface area contributed by atoms with E-state index >= 15 is 0 Å². The first-order valence-electron chi connectivity index (χ1n) is 8.87. The van der Waals surface area contributed by atoms with Crippen LogP contribution >= 0.6 is 0 Å². The number of hydrogen-bond donors (Lipinski definition) is 0. The van der Waals surface area contributed by atoms with Gasteiger partial charge in [-0.15, -0.1) is 0 Å². The SMILES string of the molecule is C[N+]1(Cc2ccccc2)[C@H]2CC[C@H]1C(=O)N(Cc1ccccc1)C2=O. The van der Waals surface area contributed by atoms with Gasteiger partial charge in [-0.25, -0.2) is 0 Å². The third-order valence-electron chi connectivity index (χ3n) is 5.79. The molecule has 2 aliphatic heterocycles. The van der Waals surface area contributed by atoms with Crippen molar-refractivity contribution in [2.45, 2.75) is 38.0 Å². The zero-order chi connectivity index (χ0) is 17.4. The molecule has 0 saturated carbocycles. The van der Waals surface area contributed by atoms with Gasteiger partial charge in [0.15, 0.2) is 12.1 Å². The lowest BCUT2D eigenvalue weighted by Gasteiger charge is -2.46. The molecule has 128 valence electrons. The molecule has 0 N–H and O–H groups in total. The summed E-state index contributed by atoms with van der Waals surface area (Å²) in [4.78, 5) is 27.7. The number of imide groups is 1. The minimum Gasteiger partial charge on any atom is -0.302 e. The fourth-order valence-electron chi connectivity index (χ4n) is 4.46. The molecule has 0 aliphatic carbocycles. The second-order valence-corrected chi connectivity index (χ2v) is 7.35. The van der Waals surface area contributed by atoms with Crippen molar-refractivity contribution < 1.29 is 14.1 Å². The van der Waals surface area contributed by atoms with Crippen LogP contribution in [0.15, 0.2) is 60.7 Å². The van der Waals surface area contributed by atoms with E-state index in [1.54, 1.807) is 0 Å². The van der Waals surface area contributed by atoms with Gasteiger partial charge in [0.1, 0.15) is 6.54 Å². The van der Waals surface area contributed by atoms with Crippen LogP contribution in [-0.2, 0) is 22.7 Å². The maximum atomic E-state index is 13.1. The predicted molar refractivity (Wildman–Crippen MR) is 95.1 cm³/mol. The van der Waals surface area contributed by atoms with Gasteiger partial charge < -0.3 is 4.48 Å². The summed E-state index contributed by atoms with van der Waals surface area (Å²) in [5.41, 5.74) is 2.18. The Kier molecular flexibility index (Phi) is 3.92. The highest BCUT2D eigenvalue weighted by atomic mass is 16.2. The number of carbonyl (C=O) groups is 2. The molecule has 2 aromatic carbocycles. The molecule has 25 heavy (non-hydrogen) atoms. The fourth-order valence-corrected chi connectivity index (χ4v) is 4.46. The minimum atomic E-state index is -0.119. The lowest BCUT2D eigenvalue weighted by molar-refractivity contribution is -0.942. The van der Waals surface area contributed by atoms with E-state index in [-0.39, 0.29) is 23.9 Å². The average molecular weight is 335 g/mol. The summed E-state index contributed by atoms with van der Waals surface area (Å²) < 4.78 is 0.521. The number of likely N-dealkylation sites (tertiary alicyclic amines) is 1. The van der Waals surface area contributed by atoms with Gasteiger partial charge >= 0.3 is 0 Å². The molecule has 0 spiro atoms. The molecule has 4 heteroatoms. The number of quaternary nitrogens is 1. The molecule has 2 saturated heterocycles. The van der Waals surface area contributed by atoms with E-state index in [2.05, 4.69) is 19.2 Å². The van der Waals surface area contributed by atoms with Crippen molar-refractivity contribution in [2.24, 2.45) is 0 Å². The minimum absolute atomic E-state index is 0.0129. The van der Waals surface area contributed by atoms with Crippen molar-refractivity contribution in [1.82, 2.24) is 4.90 Å². The largest absolute Gasteiger partial charge is 0.302 e. The summed E-state index contributed by atoms with van der Waals surface area (Å²) in [7, 11) is 2.07. The Morgan fingerprint density at radius 3 is 1.84 bits per heavy atom. The van der Waals surface area contributed by atoms with Crippen LogP contribution in [0.3, 0.4) is 0 Å². The van der Waals surface area contributed by atoms with Crippen LogP contribution in [0.5, 0.6) is 0 Å². The molecule has 2 aromatic rings. The Hall–Kier alpha value is -2.46. The first kappa shape index (κ1) is 16.0. The van der Waals surface area contributed by atoms with Crippen molar-refractivity contribution in [1.29, 1.82) is 0 Å². The molecule has 0 radical (unpaired) electrons. The monoisotopic (exact) mass is 335 g/mol. The molecular formula is C21H23N2O2+. The second kappa shape index (κ2) is 6.12. The molecule has 0 aromatic heterocycles. The van der Waals surface area contributed by atoms with Crippen LogP contribution in [0, 0.1) is 0 Å². The third kappa shape index (κ3) is 2.67. The van der Waals surface area contributed by atoms with Gasteiger partial charge in [0.25, 0.3) is 11.8 Å². The van der Waals surface area contributed by atoms with Gasteiger partial charge in [-0.1, -0.05) is 60.7 Å². The van der Waals surface area contributed by atoms with E-state index in [0.29, 0.717) is 11.0 Å². The summed E-state index contributed by atoms with van der Waals surface area (Å²) >= 11 is 0. The highest BCUT2D eigenvalue weighted by molar-refractivity contribution is 6.02. The van der Waals surface area contributed by atoms with Crippen LogP contribution in [0.2, 0.25) is 0 Å². The van der Waals surface area contributed by atoms with Crippen molar-refractivity contribution >= 4 is 11.8 Å². The molecule has 2 aliphatic rings. The number of benzene rings is 2. The number of piperazine rings is 1. The molecule has 4 rings (SSSR count). The van der Waals surface area contributed by atoms with Gasteiger partial charge in [0, 0.05) is 18.4 Å². The van der Waals surface area contributed by atoms with Crippen molar-refractivity contribution in [2.75, 3.05) is 7.05 Å². The number of hydrogen-bond acceptors (Lipinski definition) is 2. The molecular weight excluding hydrogens is 312 g/mol. The lowest BCUT2D eigenvalue weighted by atomic mass is 10.0. The van der Waals surface area contributed by atoms with E-state index in [4.69, 9.17) is 0 Å². The van der Waals surface area contributed by atoms with Crippen molar-refractivity contribution in [3.8, 4) is 0 Å². The lowest BCUT2D eigenvalue weighted by Crippen LogP contribution is -2.68. The maximum absolute atomic E-state index is 13.1. The smallest absolute Gasteiger partial charge is 0.288 e. The van der Waals surface area contributed by atoms with Gasteiger partial charge in [0.2, 0.25) is 0 Å². The quantitative estimate of drug-likeness (QED) is 0.636. The fraction of sp³-hybridized carbons (Fsp3) is 0.333. The Balaban J connectivity index is 1.61. The van der Waals surface area contributed by atoms with Crippen LogP contribution in [0.4, 0.5) is 0 Å². The Morgan fingerprint density at radius 1 is 0.840 bits per heavy atom. The Bertz CT molecular complexity index is 764. The second-order valence-electron chi connectivity index (χ2n) is 7.35. The molecule has 2 atom stereocenters. The van der Waals surface area contributed by atoms with E-state index in [1.807, 2.05) is 48.5 Å². The van der Waals surface area contributed by atoms with Gasteiger partial charge in [-0.3, -0.25) is 14.5 Å². The van der Waals surface area contributed by atoms with E-state index < -0.39 is 0 Å². The molecule has 2 amide bonds. The average Bonchev–Trinajstić information content (AvgIpc) is 2.90. The summed E-state index contributed by atoms with van der Waals surface area (Å²) in [6.45, 7) is 1.11. The number of nitrogens with zero attached hydrogens (tertiary/aromatic N) is 2. The van der Waals surface area contributed by atoms with E-state index in [9.17, 15) is 9.59 Å². The normalized spacial score (nSPS) is 28.4. The molecule has 0 unspecified atom stereocenters. The zero-order valence-corrected chi connectivity index (χ0v) is 14.5. The third-order valence-corrected chi connectivity index (χ3v) is 5.79. The molecule has 2 fully saturated rings. The topological polar surface area (TPSA) is 37.4 Å². The number of fused-ring (bicyclic) bond motifs is 2. The number of likely N-dealkylation sites (N-methyl/N-ethyl adjacent to an activating group) is 1. The highest BCUT2D eigenvalue weighted by Gasteiger charge is 2.60. The van der Waals surface area contributed by atoms with Crippen LogP contribution < -0.4 is 0 Å². The predicted octanol–water partition coefficient (Wildman–Crippen LogP) is 2.73. The van der Waals surface area contributed by atoms with Crippen LogP contribution in [0.25, 0.3) is 0 Å². The molecule has 2 bridgehead atoms. The zero-order valence-electron chi connectivity index (χ0n) is 14.5. The Morgan fingerprint density at radius 2 is 1.32 bits per heavy atom. The van der Waals surface area contributed by atoms with Crippen molar-refractivity contribution in [3.63, 3.8) is 0 Å². The Labute approximate surface area is 148 Å². The maximum Gasteiger partial charge on any atom is 0.288 e. The molecule has 4 nitrogen and oxygen atoms in total. The summed E-state index contributed by atoms with van der Waals surface area (Å²) in [6.07, 6.45) is 1.59. The van der Waals surface area contributed by atoms with Gasteiger partial charge in [-0.05, 0) is 5.56 Å². The highest BCUT2D eigenvalue weighted by Crippen LogP contribution is 2.39. The molecule has 2 heterocycles. The summed E-state index contributed by atoms with van der Waals surface area (Å²) in [6, 6.07) is 19.7. The number of amides is 2. The van der Waals surface area contributed by atoms with Crippen molar-refractivity contribution in [3.05, 3.63) is 71.8 Å².